The summed E-state index contributed by atoms with van der Waals surface area (Å²) in [5.74, 6) is -2.28. The molecule has 0 spiro atoms. The molecule has 0 aromatic rings. The molecule has 1 aliphatic carbocycles. The normalized spacial score (nSPS) is 24.8. The minimum atomic E-state index is -5.81. The van der Waals surface area contributed by atoms with E-state index in [0.29, 0.717) is 38.0 Å². The first kappa shape index (κ1) is 113. The summed E-state index contributed by atoms with van der Waals surface area (Å²) in [6, 6.07) is 0. The summed E-state index contributed by atoms with van der Waals surface area (Å²) in [6.07, 6.45) is 33.1. The Morgan fingerprint density at radius 1 is 0.344 bits per heavy atom. The molecule has 19 atom stereocenters. The summed E-state index contributed by atoms with van der Waals surface area (Å²) in [7, 11) is -5.81. The van der Waals surface area contributed by atoms with Crippen molar-refractivity contribution in [3.8, 4) is 0 Å². The van der Waals surface area contributed by atoms with E-state index >= 15 is 0 Å². The van der Waals surface area contributed by atoms with Gasteiger partial charge in [0, 0.05) is 25.7 Å². The second kappa shape index (κ2) is 73.9. The van der Waals surface area contributed by atoms with E-state index in [2.05, 4.69) is 46.8 Å². The highest BCUT2D eigenvalue weighted by molar-refractivity contribution is 7.47. The number of unbranched alkanes of at least 4 members (excludes halogenated alkanes) is 51. The largest absolute Gasteiger partial charge is 0.472 e. The molecule has 1 saturated carbocycles. The van der Waals surface area contributed by atoms with E-state index in [-0.39, 0.29) is 25.7 Å². The number of carbonyl (C=O) groups excluding carboxylic acids is 4. The van der Waals surface area contributed by atoms with Gasteiger partial charge in [-0.1, -0.05) is 374 Å². The third-order valence-electron chi connectivity index (χ3n) is 24.7. The van der Waals surface area contributed by atoms with Gasteiger partial charge in [0.2, 0.25) is 0 Å². The maximum Gasteiger partial charge on any atom is 0.472 e. The fourth-order valence-electron chi connectivity index (χ4n) is 16.7. The number of allylic oxidation sites excluding steroid dienone is 2. The Balaban J connectivity index is 1.90. The van der Waals surface area contributed by atoms with Crippen LogP contribution in [0.15, 0.2) is 12.2 Å². The molecule has 3 rings (SSSR count). The third-order valence-corrected chi connectivity index (χ3v) is 25.7. The maximum atomic E-state index is 14.9. The molecule has 25 nitrogen and oxygen atoms in total. The van der Waals surface area contributed by atoms with Crippen molar-refractivity contribution in [3.05, 3.63) is 12.2 Å². The van der Waals surface area contributed by atoms with Crippen molar-refractivity contribution in [2.24, 2.45) is 5.92 Å². The number of rotatable bonds is 81. The van der Waals surface area contributed by atoms with Crippen molar-refractivity contribution in [1.82, 2.24) is 0 Å². The topological polar surface area (TPSA) is 380 Å². The van der Waals surface area contributed by atoms with E-state index in [1.54, 1.807) is 0 Å². The third kappa shape index (κ3) is 53.4. The fourth-order valence-corrected chi connectivity index (χ4v) is 17.6. The number of phosphoric ester groups is 1. The predicted molar refractivity (Wildman–Crippen MR) is 476 cm³/mol. The van der Waals surface area contributed by atoms with E-state index in [1.165, 1.54) is 199 Å². The zero-order chi connectivity index (χ0) is 89.1. The number of carbonyl (C=O) groups is 4. The standard InChI is InChI=1S/C96H179O25P/c1-6-10-14-18-22-25-28-31-34-37-40-43-46-49-56-62-68-80(99)113-74-78-84(103)86(105)90(109)96(117-78)120-93-91(118-82(101)70-64-57-50-47-44-41-38-35-32-29-26-23-19-15-11-7-2)87(106)88(107)92(119-95-89(108)85(104)83(102)77(71-97)116-95)94(93)121-122(110,111)114-73-76(72-112-79(98)67-61-55-48-45-42-39-36-33-30-27-24-20-16-12-8-3)115-81(100)69-63-58-52-51-54-60-66-75(5)65-59-53-21-17-13-9-4/h27,30,75-78,83-97,102-109H,6-26,28-29,31-74H2,1-5H3,(H,110,111)/b30-27-. The molecule has 2 saturated heterocycles. The molecule has 0 aromatic carbocycles. The molecular formula is C96H179O25P. The number of aliphatic hydroxyl groups excluding tert-OH is 9. The molecule has 2 heterocycles. The van der Waals surface area contributed by atoms with Gasteiger partial charge in [0.05, 0.1) is 13.2 Å². The smallest absolute Gasteiger partial charge is 0.463 e. The molecule has 122 heavy (non-hydrogen) atoms. The van der Waals surface area contributed by atoms with Gasteiger partial charge in [0.15, 0.2) is 24.8 Å². The molecule has 0 radical (unpaired) electrons. The van der Waals surface area contributed by atoms with Crippen LogP contribution in [0.1, 0.15) is 439 Å². The zero-order valence-electron chi connectivity index (χ0n) is 77.0. The van der Waals surface area contributed by atoms with E-state index in [4.69, 9.17) is 46.9 Å². The van der Waals surface area contributed by atoms with Crippen molar-refractivity contribution in [1.29, 1.82) is 0 Å². The maximum absolute atomic E-state index is 14.9. The van der Waals surface area contributed by atoms with Gasteiger partial charge in [-0.15, -0.1) is 0 Å². The second-order valence-corrected chi connectivity index (χ2v) is 37.3. The second-order valence-electron chi connectivity index (χ2n) is 35.9. The lowest BCUT2D eigenvalue weighted by Crippen LogP contribution is -2.70. The van der Waals surface area contributed by atoms with Gasteiger partial charge in [-0.05, 0) is 57.3 Å². The number of hydrogen-bond donors (Lipinski definition) is 10. The summed E-state index contributed by atoms with van der Waals surface area (Å²) in [4.78, 5) is 66.7. The van der Waals surface area contributed by atoms with Gasteiger partial charge in [0.1, 0.15) is 92.6 Å². The first-order valence-electron chi connectivity index (χ1n) is 49.8. The number of phosphoric acid groups is 1. The van der Waals surface area contributed by atoms with Crippen LogP contribution < -0.4 is 0 Å². The van der Waals surface area contributed by atoms with E-state index < -0.39 is 162 Å². The van der Waals surface area contributed by atoms with Crippen LogP contribution in [0.5, 0.6) is 0 Å². The molecule has 0 amide bonds. The van der Waals surface area contributed by atoms with Gasteiger partial charge in [-0.2, -0.15) is 0 Å². The van der Waals surface area contributed by atoms with Crippen molar-refractivity contribution in [2.45, 2.75) is 543 Å². The van der Waals surface area contributed by atoms with Crippen LogP contribution in [-0.4, -0.2) is 205 Å². The highest BCUT2D eigenvalue weighted by Gasteiger charge is 2.60. The highest BCUT2D eigenvalue weighted by Crippen LogP contribution is 2.49. The van der Waals surface area contributed by atoms with Crippen molar-refractivity contribution < 1.29 is 122 Å². The van der Waals surface area contributed by atoms with E-state index in [1.807, 2.05) is 0 Å². The van der Waals surface area contributed by atoms with Crippen LogP contribution in [-0.2, 0) is 70.7 Å². The summed E-state index contributed by atoms with van der Waals surface area (Å²) in [5.41, 5.74) is 0. The number of aliphatic hydroxyl groups is 9. The van der Waals surface area contributed by atoms with E-state index in [0.717, 1.165) is 148 Å². The van der Waals surface area contributed by atoms with Gasteiger partial charge in [-0.25, -0.2) is 4.57 Å². The summed E-state index contributed by atoms with van der Waals surface area (Å²) < 4.78 is 73.7. The predicted octanol–water partition coefficient (Wildman–Crippen LogP) is 19.4. The van der Waals surface area contributed by atoms with Crippen molar-refractivity contribution in [2.75, 3.05) is 26.4 Å². The monoisotopic (exact) mass is 1760 g/mol. The zero-order valence-corrected chi connectivity index (χ0v) is 77.9. The van der Waals surface area contributed by atoms with Crippen LogP contribution >= 0.6 is 7.82 Å². The number of esters is 4. The Bertz CT molecular complexity index is 2590. The molecule has 3 fully saturated rings. The Labute approximate surface area is 737 Å². The lowest BCUT2D eigenvalue weighted by molar-refractivity contribution is -0.360. The summed E-state index contributed by atoms with van der Waals surface area (Å²) >= 11 is 0. The van der Waals surface area contributed by atoms with Gasteiger partial charge >= 0.3 is 31.7 Å². The first-order chi connectivity index (χ1) is 59.1. The molecule has 0 aromatic heterocycles. The lowest BCUT2D eigenvalue weighted by atomic mass is 9.84. The van der Waals surface area contributed by atoms with Gasteiger partial charge in [0.25, 0.3) is 0 Å². The average Bonchev–Trinajstić information content (AvgIpc) is 0.753. The quantitative estimate of drug-likeness (QED) is 0.00889. The van der Waals surface area contributed by atoms with Crippen LogP contribution in [0.25, 0.3) is 0 Å². The molecule has 3 aliphatic rings. The van der Waals surface area contributed by atoms with Crippen LogP contribution in [0.3, 0.4) is 0 Å². The summed E-state index contributed by atoms with van der Waals surface area (Å²) in [5, 5.41) is 103. The van der Waals surface area contributed by atoms with Crippen LogP contribution in [0, 0.1) is 5.92 Å². The Morgan fingerprint density at radius 2 is 0.664 bits per heavy atom. The molecule has 0 bridgehead atoms. The molecule has 19 unspecified atom stereocenters. The fraction of sp³-hybridized carbons (Fsp3) is 0.938. The first-order valence-corrected chi connectivity index (χ1v) is 51.3. The van der Waals surface area contributed by atoms with Crippen molar-refractivity contribution in [3.63, 3.8) is 0 Å². The van der Waals surface area contributed by atoms with E-state index in [9.17, 15) is 74.6 Å². The van der Waals surface area contributed by atoms with Crippen molar-refractivity contribution >= 4 is 31.7 Å². The molecule has 10 N–H and O–H groups in total. The lowest BCUT2D eigenvalue weighted by Gasteiger charge is -2.50. The van der Waals surface area contributed by atoms with Gasteiger partial charge in [-0.3, -0.25) is 28.2 Å². The Hall–Kier alpha value is -2.79. The highest BCUT2D eigenvalue weighted by atomic mass is 31.2. The number of ether oxygens (including phenoxy) is 8. The Kier molecular flexibility index (Phi) is 68.7. The van der Waals surface area contributed by atoms with Gasteiger partial charge < -0.3 is 88.7 Å². The SMILES string of the molecule is CCCCCC/C=C\CCCCCCCCCC(=O)OCC(COP(=O)(O)OC1C(OC2OC(CO)C(O)C(O)C2O)C(O)C(O)C(OC(=O)CCCCCCCCCCCCCCCCCC)C1OC1OC(COC(=O)CCCCCCCCCCCCCCCCCC)C(O)C(O)C1O)OC(=O)CCCCCCCCC(C)CCCCCCCC. The average molecular weight is 1760 g/mol. The minimum Gasteiger partial charge on any atom is -0.463 e. The molecule has 2 aliphatic heterocycles. The molecular weight excluding hydrogens is 1580 g/mol. The van der Waals surface area contributed by atoms with Crippen LogP contribution in [0.2, 0.25) is 0 Å². The van der Waals surface area contributed by atoms with Crippen LogP contribution in [0.4, 0.5) is 0 Å². The number of hydrogen-bond acceptors (Lipinski definition) is 24. The minimum absolute atomic E-state index is 0.0189. The molecule has 26 heteroatoms. The Morgan fingerprint density at radius 3 is 1.07 bits per heavy atom. The summed E-state index contributed by atoms with van der Waals surface area (Å²) in [6.45, 7) is 7.96. The molecule has 718 valence electrons.